The van der Waals surface area contributed by atoms with Crippen LogP contribution < -0.4 is 10.6 Å². The third-order valence-corrected chi connectivity index (χ3v) is 8.06. The number of benzene rings is 3. The number of hydrazine groups is 1. The van der Waals surface area contributed by atoms with E-state index in [0.717, 1.165) is 16.7 Å². The number of halogens is 1. The number of urea groups is 1. The van der Waals surface area contributed by atoms with E-state index in [2.05, 4.69) is 17.2 Å². The zero-order chi connectivity index (χ0) is 30.5. The summed E-state index contributed by atoms with van der Waals surface area (Å²) in [5.74, 6) is -0.384. The maximum absolute atomic E-state index is 14.2. The predicted octanol–water partition coefficient (Wildman–Crippen LogP) is 3.82. The molecule has 0 spiro atoms. The Morgan fingerprint density at radius 1 is 1.05 bits per heavy atom. The second-order valence-electron chi connectivity index (χ2n) is 10.5. The standard InChI is InChI=1S/C32H35ClN6O4/c1-3-16-37-21-29(41)38-27(17-22-12-14-25(40)15-13-22)31(42)36(19-24-10-7-11-26(33)30(24)34-2)20-28(38)39(37)32(43)35-18-23-8-5-4-6-9-23/h3-15,27-28,34,40H,1,16-21H2,2H3,(H,35,43)/t27-,28-/m0/s1. The molecule has 2 saturated heterocycles. The van der Waals surface area contributed by atoms with Gasteiger partial charge in [0.05, 0.1) is 23.8 Å². The second kappa shape index (κ2) is 13.2. The summed E-state index contributed by atoms with van der Waals surface area (Å²) in [6, 6.07) is 20.4. The molecule has 0 radical (unpaired) electrons. The summed E-state index contributed by atoms with van der Waals surface area (Å²) in [5, 5.41) is 19.7. The van der Waals surface area contributed by atoms with Crippen LogP contribution in [-0.4, -0.2) is 81.7 Å². The highest BCUT2D eigenvalue weighted by Gasteiger charge is 2.51. The van der Waals surface area contributed by atoms with Crippen LogP contribution in [0, 0.1) is 0 Å². The fourth-order valence-electron chi connectivity index (χ4n) is 5.74. The van der Waals surface area contributed by atoms with E-state index in [-0.39, 0.29) is 56.2 Å². The number of carbonyl (C=O) groups is 3. The molecule has 3 aromatic rings. The fourth-order valence-corrected chi connectivity index (χ4v) is 6.03. The number of fused-ring (bicyclic) bond motifs is 1. The Morgan fingerprint density at radius 3 is 2.49 bits per heavy atom. The van der Waals surface area contributed by atoms with Crippen LogP contribution in [0.25, 0.3) is 0 Å². The number of phenols is 1. The van der Waals surface area contributed by atoms with Crippen LogP contribution >= 0.6 is 11.6 Å². The van der Waals surface area contributed by atoms with Gasteiger partial charge in [-0.2, -0.15) is 0 Å². The number of hydrogen-bond donors (Lipinski definition) is 3. The quantitative estimate of drug-likeness (QED) is 0.321. The number of hydrogen-bond acceptors (Lipinski definition) is 6. The smallest absolute Gasteiger partial charge is 0.334 e. The molecular weight excluding hydrogens is 568 g/mol. The zero-order valence-corrected chi connectivity index (χ0v) is 24.7. The maximum atomic E-state index is 14.2. The molecule has 0 aromatic heterocycles. The molecule has 0 bridgehead atoms. The van der Waals surface area contributed by atoms with Gasteiger partial charge in [0.1, 0.15) is 18.0 Å². The summed E-state index contributed by atoms with van der Waals surface area (Å²) in [7, 11) is 1.77. The van der Waals surface area contributed by atoms with Crippen molar-refractivity contribution in [3.05, 3.63) is 107 Å². The van der Waals surface area contributed by atoms with Gasteiger partial charge in [0, 0.05) is 33.1 Å². The fraction of sp³-hybridized carbons (Fsp3) is 0.281. The lowest BCUT2D eigenvalue weighted by Gasteiger charge is -2.55. The molecule has 5 rings (SSSR count). The predicted molar refractivity (Wildman–Crippen MR) is 165 cm³/mol. The van der Waals surface area contributed by atoms with Gasteiger partial charge >= 0.3 is 6.03 Å². The number of anilines is 1. The van der Waals surface area contributed by atoms with E-state index in [0.29, 0.717) is 17.3 Å². The van der Waals surface area contributed by atoms with Gasteiger partial charge in [-0.15, -0.1) is 6.58 Å². The molecule has 2 heterocycles. The summed E-state index contributed by atoms with van der Waals surface area (Å²) in [6.45, 7) is 4.63. The molecule has 10 nitrogen and oxygen atoms in total. The molecular formula is C32H35ClN6O4. The lowest BCUT2D eigenvalue weighted by atomic mass is 9.98. The Kier molecular flexibility index (Phi) is 9.18. The summed E-state index contributed by atoms with van der Waals surface area (Å²) >= 11 is 6.45. The molecule has 2 fully saturated rings. The van der Waals surface area contributed by atoms with Crippen LogP contribution in [0.3, 0.4) is 0 Å². The van der Waals surface area contributed by atoms with Gasteiger partial charge in [0.25, 0.3) is 0 Å². The SMILES string of the molecule is C=CCN1CC(=O)N2[C@@H](Cc3ccc(O)cc3)C(=O)N(Cc3cccc(Cl)c3NC)C[C@@H]2N1C(=O)NCc1ccccc1. The number of rotatable bonds is 9. The molecule has 4 amide bonds. The normalized spacial score (nSPS) is 18.8. The van der Waals surface area contributed by atoms with Crippen LogP contribution in [0.5, 0.6) is 5.75 Å². The summed E-state index contributed by atoms with van der Waals surface area (Å²) in [6.07, 6.45) is 1.09. The molecule has 0 aliphatic carbocycles. The molecule has 2 aliphatic rings. The Labute approximate surface area is 256 Å². The molecule has 224 valence electrons. The number of para-hydroxylation sites is 1. The van der Waals surface area contributed by atoms with Gasteiger partial charge in [0.2, 0.25) is 11.8 Å². The lowest BCUT2D eigenvalue weighted by Crippen LogP contribution is -2.76. The van der Waals surface area contributed by atoms with E-state index in [9.17, 15) is 19.5 Å². The van der Waals surface area contributed by atoms with Gasteiger partial charge in [-0.05, 0) is 34.9 Å². The molecule has 3 aromatic carbocycles. The maximum Gasteiger partial charge on any atom is 0.334 e. The average Bonchev–Trinajstić information content (AvgIpc) is 3.00. The molecule has 0 saturated carbocycles. The van der Waals surface area contributed by atoms with Crippen molar-refractivity contribution in [2.75, 3.05) is 32.0 Å². The van der Waals surface area contributed by atoms with Crippen LogP contribution in [0.1, 0.15) is 16.7 Å². The molecule has 2 atom stereocenters. The summed E-state index contributed by atoms with van der Waals surface area (Å²) < 4.78 is 0. The average molecular weight is 603 g/mol. The van der Waals surface area contributed by atoms with Gasteiger partial charge in [-0.3, -0.25) is 9.59 Å². The highest BCUT2D eigenvalue weighted by atomic mass is 35.5. The number of piperazine rings is 1. The zero-order valence-electron chi connectivity index (χ0n) is 23.9. The number of nitrogens with zero attached hydrogens (tertiary/aromatic N) is 4. The third-order valence-electron chi connectivity index (χ3n) is 7.74. The number of nitrogens with one attached hydrogen (secondary N) is 2. The molecule has 2 aliphatic heterocycles. The Bertz CT molecular complexity index is 1480. The summed E-state index contributed by atoms with van der Waals surface area (Å²) in [5.41, 5.74) is 3.23. The summed E-state index contributed by atoms with van der Waals surface area (Å²) in [4.78, 5) is 45.0. The minimum Gasteiger partial charge on any atom is -0.508 e. The van der Waals surface area contributed by atoms with Crippen molar-refractivity contribution in [3.8, 4) is 5.75 Å². The van der Waals surface area contributed by atoms with Gasteiger partial charge < -0.3 is 25.5 Å². The molecule has 11 heteroatoms. The number of amides is 4. The van der Waals surface area contributed by atoms with E-state index >= 15 is 0 Å². The topological polar surface area (TPSA) is 108 Å². The molecule has 0 unspecified atom stereocenters. The first kappa shape index (κ1) is 29.9. The molecule has 3 N–H and O–H groups in total. The minimum atomic E-state index is -0.872. The van der Waals surface area contributed by atoms with E-state index in [1.54, 1.807) is 63.3 Å². The Balaban J connectivity index is 1.52. The van der Waals surface area contributed by atoms with Gasteiger partial charge in [-0.1, -0.05) is 72.3 Å². The van der Waals surface area contributed by atoms with Crippen molar-refractivity contribution in [1.29, 1.82) is 0 Å². The van der Waals surface area contributed by atoms with E-state index in [1.807, 2.05) is 42.5 Å². The van der Waals surface area contributed by atoms with Crippen molar-refractivity contribution in [2.24, 2.45) is 0 Å². The first-order valence-corrected chi connectivity index (χ1v) is 14.5. The molecule has 43 heavy (non-hydrogen) atoms. The van der Waals surface area contributed by atoms with Gasteiger partial charge in [0.15, 0.2) is 0 Å². The van der Waals surface area contributed by atoms with Crippen molar-refractivity contribution in [3.63, 3.8) is 0 Å². The Hall–Kier alpha value is -4.54. The number of carbonyl (C=O) groups excluding carboxylic acids is 3. The monoisotopic (exact) mass is 602 g/mol. The van der Waals surface area contributed by atoms with Crippen molar-refractivity contribution in [1.82, 2.24) is 25.1 Å². The number of aromatic hydroxyl groups is 1. The highest BCUT2D eigenvalue weighted by Crippen LogP contribution is 2.32. The van der Waals surface area contributed by atoms with Crippen LogP contribution in [0.2, 0.25) is 5.02 Å². The largest absolute Gasteiger partial charge is 0.508 e. The van der Waals surface area contributed by atoms with Crippen molar-refractivity contribution < 1.29 is 19.5 Å². The lowest BCUT2D eigenvalue weighted by molar-refractivity contribution is -0.189. The highest BCUT2D eigenvalue weighted by molar-refractivity contribution is 6.33. The van der Waals surface area contributed by atoms with Crippen molar-refractivity contribution in [2.45, 2.75) is 31.7 Å². The third kappa shape index (κ3) is 6.45. The number of phenolic OH excluding ortho intramolecular Hbond substituents is 1. The Morgan fingerprint density at radius 2 is 1.79 bits per heavy atom. The van der Waals surface area contributed by atoms with Gasteiger partial charge in [-0.25, -0.2) is 14.8 Å². The van der Waals surface area contributed by atoms with E-state index < -0.39 is 12.2 Å². The van der Waals surface area contributed by atoms with Crippen molar-refractivity contribution >= 4 is 35.1 Å². The first-order valence-electron chi connectivity index (χ1n) is 14.1. The van der Waals surface area contributed by atoms with E-state index in [4.69, 9.17) is 11.6 Å². The van der Waals surface area contributed by atoms with E-state index in [1.165, 1.54) is 0 Å². The van der Waals surface area contributed by atoms with Crippen LogP contribution in [-0.2, 0) is 29.1 Å². The first-order chi connectivity index (χ1) is 20.8. The second-order valence-corrected chi connectivity index (χ2v) is 10.9. The van der Waals surface area contributed by atoms with Crippen LogP contribution in [0.4, 0.5) is 10.5 Å². The minimum absolute atomic E-state index is 0.0845. The van der Waals surface area contributed by atoms with Crippen LogP contribution in [0.15, 0.2) is 85.5 Å².